The van der Waals surface area contributed by atoms with Crippen molar-refractivity contribution < 1.29 is 13.6 Å². The molecule has 0 radical (unpaired) electrons. The lowest BCUT2D eigenvalue weighted by Gasteiger charge is -2.35. The molecule has 0 spiro atoms. The van der Waals surface area contributed by atoms with Gasteiger partial charge in [-0.3, -0.25) is 4.79 Å². The molecule has 0 atom stereocenters. The third-order valence-electron chi connectivity index (χ3n) is 4.48. The lowest BCUT2D eigenvalue weighted by Crippen LogP contribution is -2.49. The van der Waals surface area contributed by atoms with Gasteiger partial charge in [-0.1, -0.05) is 0 Å². The van der Waals surface area contributed by atoms with E-state index in [9.17, 15) is 13.6 Å². The van der Waals surface area contributed by atoms with E-state index >= 15 is 0 Å². The van der Waals surface area contributed by atoms with E-state index in [1.807, 2.05) is 9.80 Å². The fourth-order valence-corrected chi connectivity index (χ4v) is 2.97. The zero-order valence-corrected chi connectivity index (χ0v) is 13.3. The Morgan fingerprint density at radius 3 is 2.50 bits per heavy atom. The minimum atomic E-state index is -3.11. The minimum Gasteiger partial charge on any atom is -0.352 e. The second kappa shape index (κ2) is 5.35. The molecule has 24 heavy (non-hydrogen) atoms. The zero-order chi connectivity index (χ0) is 16.9. The summed E-state index contributed by atoms with van der Waals surface area (Å²) in [5, 5.41) is 11.6. The molecule has 0 N–H and O–H groups in total. The molecule has 1 amide bonds. The summed E-state index contributed by atoms with van der Waals surface area (Å²) in [5.41, 5.74) is 0.290. The van der Waals surface area contributed by atoms with Gasteiger partial charge in [0.15, 0.2) is 5.65 Å². The predicted octanol–water partition coefficient (Wildman–Crippen LogP) is 1.29. The Bertz CT molecular complexity index is 774. The van der Waals surface area contributed by atoms with Crippen molar-refractivity contribution in [3.8, 4) is 0 Å². The van der Waals surface area contributed by atoms with Crippen LogP contribution in [0.25, 0.3) is 5.65 Å². The van der Waals surface area contributed by atoms with Crippen molar-refractivity contribution in [2.45, 2.75) is 25.7 Å². The molecule has 2 aliphatic rings. The van der Waals surface area contributed by atoms with Crippen molar-refractivity contribution in [2.75, 3.05) is 31.1 Å². The molecule has 0 unspecified atom stereocenters. The number of nitrogens with zero attached hydrogens (tertiary/aromatic N) is 6. The highest BCUT2D eigenvalue weighted by molar-refractivity contribution is 5.81. The van der Waals surface area contributed by atoms with Crippen molar-refractivity contribution in [3.05, 3.63) is 18.0 Å². The Morgan fingerprint density at radius 1 is 1.17 bits per heavy atom. The van der Waals surface area contributed by atoms with E-state index in [0.717, 1.165) is 24.3 Å². The van der Waals surface area contributed by atoms with Crippen LogP contribution < -0.4 is 4.90 Å². The lowest BCUT2D eigenvalue weighted by molar-refractivity contribution is -0.132. The summed E-state index contributed by atoms with van der Waals surface area (Å²) in [6.07, 6.45) is 2.00. The Hall–Kier alpha value is -2.32. The summed E-state index contributed by atoms with van der Waals surface area (Å²) < 4.78 is 28.3. The number of alkyl halides is 2. The number of hydrogen-bond donors (Lipinski definition) is 0. The van der Waals surface area contributed by atoms with Gasteiger partial charge in [0.1, 0.15) is 5.82 Å². The number of carbonyl (C=O) groups is 1. The fourth-order valence-electron chi connectivity index (χ4n) is 2.97. The topological polar surface area (TPSA) is 66.6 Å². The van der Waals surface area contributed by atoms with Crippen LogP contribution >= 0.6 is 0 Å². The monoisotopic (exact) mass is 336 g/mol. The Labute approximate surface area is 137 Å². The quantitative estimate of drug-likeness (QED) is 0.845. The molecule has 4 rings (SSSR count). The third-order valence-corrected chi connectivity index (χ3v) is 4.48. The molecule has 0 bridgehead atoms. The van der Waals surface area contributed by atoms with Gasteiger partial charge in [0, 0.05) is 39.0 Å². The van der Waals surface area contributed by atoms with Gasteiger partial charge in [-0.25, -0.2) is 0 Å². The van der Waals surface area contributed by atoms with Crippen LogP contribution in [0.15, 0.2) is 12.1 Å². The number of carbonyl (C=O) groups excluding carboxylic acids is 1. The van der Waals surface area contributed by atoms with Gasteiger partial charge in [0.25, 0.3) is 0 Å². The van der Waals surface area contributed by atoms with Crippen LogP contribution in [0.4, 0.5) is 14.6 Å². The molecule has 1 aliphatic heterocycles. The first kappa shape index (κ1) is 15.2. The first-order chi connectivity index (χ1) is 11.4. The smallest absolute Gasteiger partial charge is 0.305 e. The van der Waals surface area contributed by atoms with E-state index in [1.54, 1.807) is 12.1 Å². The molecule has 0 aromatic carbocycles. The van der Waals surface area contributed by atoms with E-state index in [1.165, 1.54) is 0 Å². The van der Waals surface area contributed by atoms with Crippen molar-refractivity contribution in [1.82, 2.24) is 24.7 Å². The highest BCUT2D eigenvalue weighted by Crippen LogP contribution is 2.31. The van der Waals surface area contributed by atoms with Gasteiger partial charge >= 0.3 is 5.92 Å². The molecule has 2 aromatic heterocycles. The molecule has 1 saturated heterocycles. The highest BCUT2D eigenvalue weighted by Gasteiger charge is 2.35. The summed E-state index contributed by atoms with van der Waals surface area (Å²) >= 11 is 0. The van der Waals surface area contributed by atoms with E-state index in [4.69, 9.17) is 0 Å². The van der Waals surface area contributed by atoms with Crippen LogP contribution in [0.5, 0.6) is 0 Å². The van der Waals surface area contributed by atoms with Gasteiger partial charge in [-0.2, -0.15) is 13.3 Å². The maximum Gasteiger partial charge on any atom is 0.305 e. The molecule has 3 heterocycles. The molecule has 7 nitrogen and oxygen atoms in total. The summed E-state index contributed by atoms with van der Waals surface area (Å²) in [6.45, 7) is 3.32. The molecule has 9 heteroatoms. The van der Waals surface area contributed by atoms with Crippen LogP contribution in [0, 0.1) is 5.92 Å². The van der Waals surface area contributed by atoms with Gasteiger partial charge in [-0.15, -0.1) is 15.3 Å². The first-order valence-corrected chi connectivity index (χ1v) is 8.08. The molecule has 2 aromatic rings. The highest BCUT2D eigenvalue weighted by atomic mass is 19.3. The van der Waals surface area contributed by atoms with Crippen LogP contribution in [0.1, 0.15) is 25.6 Å². The predicted molar refractivity (Wildman–Crippen MR) is 81.9 cm³/mol. The molecular weight excluding hydrogens is 318 g/mol. The molecule has 1 saturated carbocycles. The molecule has 1 aliphatic carbocycles. The van der Waals surface area contributed by atoms with Gasteiger partial charge < -0.3 is 9.80 Å². The van der Waals surface area contributed by atoms with Crippen LogP contribution in [-0.4, -0.2) is 56.8 Å². The second-order valence-electron chi connectivity index (χ2n) is 6.46. The van der Waals surface area contributed by atoms with Crippen LogP contribution in [0.3, 0.4) is 0 Å². The second-order valence-corrected chi connectivity index (χ2v) is 6.46. The van der Waals surface area contributed by atoms with Gasteiger partial charge in [0.05, 0.1) is 0 Å². The number of anilines is 1. The summed E-state index contributed by atoms with van der Waals surface area (Å²) in [5.74, 6) is -2.53. The molecule has 128 valence electrons. The maximum atomic E-state index is 13.6. The third kappa shape index (κ3) is 2.67. The van der Waals surface area contributed by atoms with E-state index < -0.39 is 11.7 Å². The van der Waals surface area contributed by atoms with Crippen molar-refractivity contribution in [1.29, 1.82) is 0 Å². The molecular formula is C15H18F2N6O. The SMILES string of the molecule is CC(F)(F)c1nnc2ccc(N3CCN(C(=O)C4CC4)CC3)nn12. The first-order valence-electron chi connectivity index (χ1n) is 8.08. The zero-order valence-electron chi connectivity index (χ0n) is 13.3. The summed E-state index contributed by atoms with van der Waals surface area (Å²) in [7, 11) is 0. The number of halogens is 2. The van der Waals surface area contributed by atoms with E-state index in [-0.39, 0.29) is 17.5 Å². The van der Waals surface area contributed by atoms with Gasteiger partial charge in [-0.05, 0) is 25.0 Å². The number of aromatic nitrogens is 4. The Balaban J connectivity index is 1.53. The van der Waals surface area contributed by atoms with Crippen molar-refractivity contribution in [2.24, 2.45) is 5.92 Å². The lowest BCUT2D eigenvalue weighted by atomic mass is 10.2. The van der Waals surface area contributed by atoms with Crippen molar-refractivity contribution >= 4 is 17.4 Å². The summed E-state index contributed by atoms with van der Waals surface area (Å²) in [4.78, 5) is 16.0. The average Bonchev–Trinajstić information content (AvgIpc) is 3.31. The summed E-state index contributed by atoms with van der Waals surface area (Å²) in [6, 6.07) is 3.38. The molecule has 2 fully saturated rings. The van der Waals surface area contributed by atoms with E-state index in [0.29, 0.717) is 32.0 Å². The number of rotatable bonds is 3. The van der Waals surface area contributed by atoms with E-state index in [2.05, 4.69) is 15.3 Å². The number of fused-ring (bicyclic) bond motifs is 1. The standard InChI is InChI=1S/C15H18F2N6O/c1-15(16,17)14-19-18-11-4-5-12(20-23(11)14)21-6-8-22(9-7-21)13(24)10-2-3-10/h4-5,10H,2-3,6-9H2,1H3. The Kier molecular flexibility index (Phi) is 3.40. The Morgan fingerprint density at radius 2 is 1.88 bits per heavy atom. The number of piperazine rings is 1. The van der Waals surface area contributed by atoms with Crippen LogP contribution in [-0.2, 0) is 10.7 Å². The maximum absolute atomic E-state index is 13.6. The number of amides is 1. The largest absolute Gasteiger partial charge is 0.352 e. The minimum absolute atomic E-state index is 0.220. The fraction of sp³-hybridized carbons (Fsp3) is 0.600. The number of hydrogen-bond acceptors (Lipinski definition) is 5. The van der Waals surface area contributed by atoms with Crippen molar-refractivity contribution in [3.63, 3.8) is 0 Å². The normalized spacial score (nSPS) is 19.1. The average molecular weight is 336 g/mol. The van der Waals surface area contributed by atoms with Gasteiger partial charge in [0.2, 0.25) is 11.7 Å². The van der Waals surface area contributed by atoms with Crippen LogP contribution in [0.2, 0.25) is 0 Å².